The molecule has 0 unspecified atom stereocenters. The summed E-state index contributed by atoms with van der Waals surface area (Å²) in [5.74, 6) is -0.0240. The van der Waals surface area contributed by atoms with Crippen molar-refractivity contribution < 1.29 is 4.79 Å². The molecule has 0 aliphatic carbocycles. The molecule has 8 heteroatoms. The second kappa shape index (κ2) is 6.80. The molecule has 0 radical (unpaired) electrons. The van der Waals surface area contributed by atoms with Gasteiger partial charge in [0.1, 0.15) is 0 Å². The van der Waals surface area contributed by atoms with Gasteiger partial charge in [-0.3, -0.25) is 4.79 Å². The Balaban J connectivity index is 1.62. The number of hydrogen-bond acceptors (Lipinski definition) is 6. The molecule has 1 aliphatic heterocycles. The summed E-state index contributed by atoms with van der Waals surface area (Å²) < 4.78 is 1.46. The molecule has 1 aromatic carbocycles. The Labute approximate surface area is 138 Å². The molecule has 2 aromatic rings. The minimum atomic E-state index is -0.298. The number of nitriles is 2. The fraction of sp³-hybridized carbons (Fsp3) is 0.312. The van der Waals surface area contributed by atoms with Crippen LogP contribution in [-0.4, -0.2) is 45.4 Å². The first kappa shape index (κ1) is 15.5. The number of carbonyl (C=O) groups is 1. The second-order valence-corrected chi connectivity index (χ2v) is 5.62. The zero-order valence-electron chi connectivity index (χ0n) is 12.9. The van der Waals surface area contributed by atoms with E-state index in [4.69, 9.17) is 10.5 Å². The van der Waals surface area contributed by atoms with Gasteiger partial charge in [-0.25, -0.2) is 4.68 Å². The van der Waals surface area contributed by atoms with Gasteiger partial charge in [0.25, 0.3) is 5.91 Å². The van der Waals surface area contributed by atoms with Crippen LogP contribution < -0.4 is 5.32 Å². The highest BCUT2D eigenvalue weighted by atomic mass is 16.2. The fourth-order valence-electron chi connectivity index (χ4n) is 2.63. The number of amides is 1. The second-order valence-electron chi connectivity index (χ2n) is 5.62. The van der Waals surface area contributed by atoms with Crippen LogP contribution in [-0.2, 0) is 0 Å². The van der Waals surface area contributed by atoms with Crippen LogP contribution in [0.1, 0.15) is 22.5 Å². The zero-order valence-corrected chi connectivity index (χ0v) is 12.9. The van der Waals surface area contributed by atoms with E-state index in [2.05, 4.69) is 27.9 Å². The molecule has 1 aromatic heterocycles. The number of hydrogen-bond donors (Lipinski definition) is 1. The summed E-state index contributed by atoms with van der Waals surface area (Å²) >= 11 is 0. The minimum absolute atomic E-state index is 0.215. The van der Waals surface area contributed by atoms with Gasteiger partial charge in [-0.05, 0) is 30.5 Å². The van der Waals surface area contributed by atoms with Crippen molar-refractivity contribution in [2.45, 2.75) is 6.42 Å². The van der Waals surface area contributed by atoms with Crippen LogP contribution >= 0.6 is 0 Å². The molecule has 0 bridgehead atoms. The van der Waals surface area contributed by atoms with Crippen LogP contribution in [0.15, 0.2) is 30.5 Å². The molecule has 1 aliphatic rings. The maximum absolute atomic E-state index is 12.2. The average Bonchev–Trinajstić information content (AvgIpc) is 3.29. The Morgan fingerprint density at radius 3 is 3.04 bits per heavy atom. The van der Waals surface area contributed by atoms with E-state index in [1.165, 1.54) is 10.9 Å². The molecular formula is C16H15N7O. The summed E-state index contributed by atoms with van der Waals surface area (Å²) in [6.07, 6.45) is 4.54. The van der Waals surface area contributed by atoms with Gasteiger partial charge in [-0.15, -0.1) is 5.10 Å². The Kier molecular flexibility index (Phi) is 4.39. The molecule has 8 nitrogen and oxygen atoms in total. The van der Waals surface area contributed by atoms with E-state index >= 15 is 0 Å². The first-order valence-electron chi connectivity index (χ1n) is 7.55. The monoisotopic (exact) mass is 321 g/mol. The third-order valence-corrected chi connectivity index (χ3v) is 3.94. The van der Waals surface area contributed by atoms with E-state index in [1.807, 2.05) is 0 Å². The molecule has 2 heterocycles. The molecule has 1 N–H and O–H groups in total. The van der Waals surface area contributed by atoms with Gasteiger partial charge in [0.2, 0.25) is 0 Å². The van der Waals surface area contributed by atoms with E-state index in [9.17, 15) is 4.79 Å². The van der Waals surface area contributed by atoms with Crippen molar-refractivity contribution in [3.05, 3.63) is 41.7 Å². The third kappa shape index (κ3) is 3.33. The van der Waals surface area contributed by atoms with Crippen LogP contribution in [0.2, 0.25) is 0 Å². The van der Waals surface area contributed by atoms with Crippen molar-refractivity contribution in [3.63, 3.8) is 0 Å². The van der Waals surface area contributed by atoms with Gasteiger partial charge in [0.15, 0.2) is 11.9 Å². The summed E-state index contributed by atoms with van der Waals surface area (Å²) in [5, 5.41) is 28.4. The first-order valence-corrected chi connectivity index (χ1v) is 7.55. The van der Waals surface area contributed by atoms with Crippen molar-refractivity contribution in [2.24, 2.45) is 5.92 Å². The Morgan fingerprint density at radius 2 is 2.29 bits per heavy atom. The summed E-state index contributed by atoms with van der Waals surface area (Å²) in [6.45, 7) is 1.92. The Bertz CT molecular complexity index is 829. The maximum Gasteiger partial charge on any atom is 0.273 e. The van der Waals surface area contributed by atoms with Gasteiger partial charge in [-0.2, -0.15) is 10.5 Å². The molecule has 0 spiro atoms. The highest BCUT2D eigenvalue weighted by molar-refractivity contribution is 5.91. The van der Waals surface area contributed by atoms with Crippen LogP contribution in [0, 0.1) is 28.7 Å². The molecule has 24 heavy (non-hydrogen) atoms. The Hall–Kier alpha value is -3.39. The summed E-state index contributed by atoms with van der Waals surface area (Å²) in [6, 6.07) is 8.96. The lowest BCUT2D eigenvalue weighted by Gasteiger charge is -2.09. The molecule has 3 rings (SSSR count). The van der Waals surface area contributed by atoms with Crippen molar-refractivity contribution in [3.8, 4) is 17.9 Å². The highest BCUT2D eigenvalue weighted by Gasteiger charge is 2.22. The van der Waals surface area contributed by atoms with E-state index in [-0.39, 0.29) is 17.5 Å². The highest BCUT2D eigenvalue weighted by Crippen LogP contribution is 2.14. The molecule has 1 atom stereocenters. The smallest absolute Gasteiger partial charge is 0.273 e. The van der Waals surface area contributed by atoms with E-state index in [1.54, 1.807) is 29.2 Å². The van der Waals surface area contributed by atoms with Gasteiger partial charge in [0, 0.05) is 19.6 Å². The number of aromatic nitrogens is 3. The van der Waals surface area contributed by atoms with E-state index in [0.717, 1.165) is 13.0 Å². The summed E-state index contributed by atoms with van der Waals surface area (Å²) in [4.78, 5) is 13.9. The number of benzene rings is 1. The quantitative estimate of drug-likeness (QED) is 0.829. The molecule has 1 saturated heterocycles. The van der Waals surface area contributed by atoms with Crippen molar-refractivity contribution in [2.75, 3.05) is 19.6 Å². The third-order valence-electron chi connectivity index (χ3n) is 3.94. The van der Waals surface area contributed by atoms with Crippen molar-refractivity contribution >= 4 is 5.91 Å². The standard InChI is InChI=1S/C16H15N7O/c17-7-12-2-1-3-14(6-12)23-10-15(20-21-23)16(24)19-8-13-4-5-22(9-13)11-18/h1-3,6,10,13H,4-5,8-9H2,(H,19,24)/t13-/m0/s1. The number of rotatable bonds is 4. The molecular weight excluding hydrogens is 306 g/mol. The van der Waals surface area contributed by atoms with Gasteiger partial charge in [0.05, 0.1) is 23.5 Å². The lowest BCUT2D eigenvalue weighted by atomic mass is 10.1. The Morgan fingerprint density at radius 1 is 1.42 bits per heavy atom. The zero-order chi connectivity index (χ0) is 16.9. The fourth-order valence-corrected chi connectivity index (χ4v) is 2.63. The van der Waals surface area contributed by atoms with Gasteiger partial charge >= 0.3 is 0 Å². The molecule has 1 amide bonds. The molecule has 0 saturated carbocycles. The summed E-state index contributed by atoms with van der Waals surface area (Å²) in [5.41, 5.74) is 1.39. The summed E-state index contributed by atoms with van der Waals surface area (Å²) in [7, 11) is 0. The lowest BCUT2D eigenvalue weighted by molar-refractivity contribution is 0.0942. The predicted molar refractivity (Wildman–Crippen MR) is 83.7 cm³/mol. The van der Waals surface area contributed by atoms with Crippen LogP contribution in [0.25, 0.3) is 5.69 Å². The van der Waals surface area contributed by atoms with Crippen LogP contribution in [0.4, 0.5) is 0 Å². The average molecular weight is 321 g/mol. The van der Waals surface area contributed by atoms with Crippen LogP contribution in [0.5, 0.6) is 0 Å². The van der Waals surface area contributed by atoms with Crippen molar-refractivity contribution in [1.29, 1.82) is 10.5 Å². The topological polar surface area (TPSA) is 111 Å². The lowest BCUT2D eigenvalue weighted by Crippen LogP contribution is -2.30. The van der Waals surface area contributed by atoms with Crippen molar-refractivity contribution in [1.82, 2.24) is 25.2 Å². The van der Waals surface area contributed by atoms with E-state index in [0.29, 0.717) is 24.3 Å². The maximum atomic E-state index is 12.2. The molecule has 1 fully saturated rings. The number of nitrogens with one attached hydrogen (secondary N) is 1. The molecule has 120 valence electrons. The van der Waals surface area contributed by atoms with Gasteiger partial charge in [-0.1, -0.05) is 11.3 Å². The number of likely N-dealkylation sites (tertiary alicyclic amines) is 1. The van der Waals surface area contributed by atoms with Crippen LogP contribution in [0.3, 0.4) is 0 Å². The van der Waals surface area contributed by atoms with E-state index < -0.39 is 0 Å². The number of carbonyl (C=O) groups excluding carboxylic acids is 1. The number of nitrogens with zero attached hydrogens (tertiary/aromatic N) is 6. The first-order chi connectivity index (χ1) is 11.7. The SMILES string of the molecule is N#Cc1cccc(-n2cc(C(=O)NC[C@@H]3CCN(C#N)C3)nn2)c1. The predicted octanol–water partition coefficient (Wildman–Crippen LogP) is 0.672. The largest absolute Gasteiger partial charge is 0.350 e. The normalized spacial score (nSPS) is 16.4. The van der Waals surface area contributed by atoms with Gasteiger partial charge < -0.3 is 10.2 Å². The minimum Gasteiger partial charge on any atom is -0.350 e.